The van der Waals surface area contributed by atoms with Gasteiger partial charge >= 0.3 is 0 Å². The van der Waals surface area contributed by atoms with E-state index in [1.807, 2.05) is 24.3 Å². The molecule has 144 valence electrons. The molecule has 0 atom stereocenters. The summed E-state index contributed by atoms with van der Waals surface area (Å²) >= 11 is 0. The van der Waals surface area contributed by atoms with Gasteiger partial charge in [-0.1, -0.05) is 24.3 Å². The van der Waals surface area contributed by atoms with Gasteiger partial charge < -0.3 is 14.8 Å². The van der Waals surface area contributed by atoms with Crippen LogP contribution >= 0.6 is 0 Å². The molecule has 3 aromatic carbocycles. The van der Waals surface area contributed by atoms with Crippen molar-refractivity contribution in [3.63, 3.8) is 0 Å². The first-order chi connectivity index (χ1) is 14.1. The first-order valence-corrected chi connectivity index (χ1v) is 9.19. The summed E-state index contributed by atoms with van der Waals surface area (Å²) < 4.78 is 10.5. The Bertz CT molecular complexity index is 1130. The number of carbonyl (C=O) groups is 3. The Hall–Kier alpha value is -3.87. The number of rotatable bonds is 4. The normalized spacial score (nSPS) is 14.4. The van der Waals surface area contributed by atoms with Gasteiger partial charge in [-0.05, 0) is 41.1 Å². The summed E-state index contributed by atoms with van der Waals surface area (Å²) in [4.78, 5) is 38.9. The van der Waals surface area contributed by atoms with E-state index >= 15 is 0 Å². The van der Waals surface area contributed by atoms with Crippen molar-refractivity contribution in [2.24, 2.45) is 0 Å². The van der Waals surface area contributed by atoms with Crippen molar-refractivity contribution in [1.29, 1.82) is 0 Å². The van der Waals surface area contributed by atoms with E-state index in [0.29, 0.717) is 28.2 Å². The van der Waals surface area contributed by atoms with E-state index in [0.717, 1.165) is 10.8 Å². The Labute approximate surface area is 165 Å². The second-order valence-corrected chi connectivity index (χ2v) is 6.83. The molecule has 7 nitrogen and oxygen atoms in total. The van der Waals surface area contributed by atoms with E-state index in [2.05, 4.69) is 5.32 Å². The van der Waals surface area contributed by atoms with Gasteiger partial charge in [-0.25, -0.2) is 0 Å². The van der Waals surface area contributed by atoms with Crippen LogP contribution in [0.25, 0.3) is 10.8 Å². The lowest BCUT2D eigenvalue weighted by molar-refractivity contribution is 0.0650. The molecule has 2 aliphatic heterocycles. The van der Waals surface area contributed by atoms with E-state index in [9.17, 15) is 14.4 Å². The quantitative estimate of drug-likeness (QED) is 0.695. The molecule has 7 heteroatoms. The predicted octanol–water partition coefficient (Wildman–Crippen LogP) is 2.59. The highest BCUT2D eigenvalue weighted by Gasteiger charge is 2.35. The fourth-order valence-electron chi connectivity index (χ4n) is 3.60. The fraction of sp³-hybridized carbons (Fsp3) is 0.136. The van der Waals surface area contributed by atoms with Crippen molar-refractivity contribution in [1.82, 2.24) is 10.2 Å². The number of imide groups is 1. The lowest BCUT2D eigenvalue weighted by atomic mass is 10.0. The van der Waals surface area contributed by atoms with Crippen molar-refractivity contribution >= 4 is 28.5 Å². The molecule has 0 bridgehead atoms. The smallest absolute Gasteiger partial charge is 0.261 e. The third-order valence-corrected chi connectivity index (χ3v) is 5.09. The number of amides is 3. The zero-order valence-corrected chi connectivity index (χ0v) is 15.3. The summed E-state index contributed by atoms with van der Waals surface area (Å²) in [6, 6.07) is 16.0. The van der Waals surface area contributed by atoms with Gasteiger partial charge in [0.25, 0.3) is 17.7 Å². The standard InChI is InChI=1S/C22H16N2O5/c25-20(15-5-6-18-19(11-15)29-12-28-18)23-7-8-24-21(26)16-9-13-3-1-2-4-14(13)10-17(16)22(24)27/h1-6,9-11H,7-8,12H2,(H,23,25). The average molecular weight is 388 g/mol. The fourth-order valence-corrected chi connectivity index (χ4v) is 3.60. The molecule has 0 fully saturated rings. The van der Waals surface area contributed by atoms with E-state index < -0.39 is 0 Å². The summed E-state index contributed by atoms with van der Waals surface area (Å²) in [5.74, 6) is 0.122. The number of hydrogen-bond donors (Lipinski definition) is 1. The van der Waals surface area contributed by atoms with Crippen LogP contribution in [0, 0.1) is 0 Å². The summed E-state index contributed by atoms with van der Waals surface area (Å²) in [5, 5.41) is 4.55. The third kappa shape index (κ3) is 2.87. The van der Waals surface area contributed by atoms with Crippen LogP contribution in [0.1, 0.15) is 31.1 Å². The lowest BCUT2D eigenvalue weighted by Crippen LogP contribution is -2.38. The van der Waals surface area contributed by atoms with Crippen LogP contribution in [0.5, 0.6) is 11.5 Å². The molecular weight excluding hydrogens is 372 g/mol. The number of ether oxygens (including phenoxy) is 2. The molecule has 0 unspecified atom stereocenters. The molecule has 3 amide bonds. The molecule has 0 radical (unpaired) electrons. The molecule has 0 spiro atoms. The summed E-state index contributed by atoms with van der Waals surface area (Å²) in [7, 11) is 0. The molecule has 0 aromatic heterocycles. The largest absolute Gasteiger partial charge is 0.454 e. The molecule has 0 saturated carbocycles. The van der Waals surface area contributed by atoms with Gasteiger partial charge in [0.15, 0.2) is 11.5 Å². The highest BCUT2D eigenvalue weighted by Crippen LogP contribution is 2.32. The highest BCUT2D eigenvalue weighted by atomic mass is 16.7. The van der Waals surface area contributed by atoms with Gasteiger partial charge in [0, 0.05) is 18.7 Å². The van der Waals surface area contributed by atoms with Gasteiger partial charge in [-0.15, -0.1) is 0 Å². The van der Waals surface area contributed by atoms with Crippen LogP contribution < -0.4 is 14.8 Å². The van der Waals surface area contributed by atoms with Crippen molar-refractivity contribution < 1.29 is 23.9 Å². The Kier molecular flexibility index (Phi) is 3.94. The summed E-state index contributed by atoms with van der Waals surface area (Å²) in [6.07, 6.45) is 0. The minimum atomic E-state index is -0.340. The summed E-state index contributed by atoms with van der Waals surface area (Å²) in [6.45, 7) is 0.381. The Balaban J connectivity index is 1.27. The second kappa shape index (κ2) is 6.63. The average Bonchev–Trinajstić information content (AvgIpc) is 3.30. The Morgan fingerprint density at radius 3 is 2.24 bits per heavy atom. The first kappa shape index (κ1) is 17.2. The molecule has 2 aliphatic rings. The van der Waals surface area contributed by atoms with Crippen LogP contribution in [0.2, 0.25) is 0 Å². The number of nitrogens with zero attached hydrogens (tertiary/aromatic N) is 1. The van der Waals surface area contributed by atoms with E-state index in [1.165, 1.54) is 4.90 Å². The zero-order valence-electron chi connectivity index (χ0n) is 15.3. The number of carbonyl (C=O) groups excluding carboxylic acids is 3. The lowest BCUT2D eigenvalue weighted by Gasteiger charge is -2.14. The topological polar surface area (TPSA) is 84.9 Å². The SMILES string of the molecule is O=C(NCCN1C(=O)c2cc3ccccc3cc2C1=O)c1ccc2c(c1)OCO2. The van der Waals surface area contributed by atoms with Crippen molar-refractivity contribution in [2.45, 2.75) is 0 Å². The molecule has 0 aliphatic carbocycles. The van der Waals surface area contributed by atoms with Crippen molar-refractivity contribution in [3.05, 3.63) is 71.3 Å². The first-order valence-electron chi connectivity index (χ1n) is 9.19. The third-order valence-electron chi connectivity index (χ3n) is 5.09. The minimum absolute atomic E-state index is 0.0962. The van der Waals surface area contributed by atoms with Gasteiger partial charge in [0.05, 0.1) is 11.1 Å². The summed E-state index contributed by atoms with van der Waals surface area (Å²) in [5.41, 5.74) is 1.22. The molecule has 5 rings (SSSR count). The van der Waals surface area contributed by atoms with Crippen molar-refractivity contribution in [2.75, 3.05) is 19.9 Å². The van der Waals surface area contributed by atoms with Gasteiger partial charge in [-0.3, -0.25) is 19.3 Å². The number of hydrogen-bond acceptors (Lipinski definition) is 5. The van der Waals surface area contributed by atoms with Crippen LogP contribution in [0.15, 0.2) is 54.6 Å². The predicted molar refractivity (Wildman–Crippen MR) is 104 cm³/mol. The van der Waals surface area contributed by atoms with Gasteiger partial charge in [0.1, 0.15) is 0 Å². The maximum absolute atomic E-state index is 12.7. The number of nitrogens with one attached hydrogen (secondary N) is 1. The van der Waals surface area contributed by atoms with E-state index in [-0.39, 0.29) is 37.6 Å². The van der Waals surface area contributed by atoms with Crippen LogP contribution in [0.3, 0.4) is 0 Å². The molecular formula is C22H16N2O5. The van der Waals surface area contributed by atoms with Crippen LogP contribution in [0.4, 0.5) is 0 Å². The van der Waals surface area contributed by atoms with E-state index in [4.69, 9.17) is 9.47 Å². The highest BCUT2D eigenvalue weighted by molar-refractivity contribution is 6.23. The number of benzene rings is 3. The zero-order chi connectivity index (χ0) is 20.0. The molecule has 3 aromatic rings. The molecule has 2 heterocycles. The maximum atomic E-state index is 12.7. The van der Waals surface area contributed by atoms with Crippen LogP contribution in [-0.2, 0) is 0 Å². The molecule has 1 N–H and O–H groups in total. The second-order valence-electron chi connectivity index (χ2n) is 6.83. The van der Waals surface area contributed by atoms with E-state index in [1.54, 1.807) is 30.3 Å². The molecule has 29 heavy (non-hydrogen) atoms. The van der Waals surface area contributed by atoms with Crippen molar-refractivity contribution in [3.8, 4) is 11.5 Å². The maximum Gasteiger partial charge on any atom is 0.261 e. The minimum Gasteiger partial charge on any atom is -0.454 e. The number of fused-ring (bicyclic) bond motifs is 3. The molecule has 0 saturated heterocycles. The van der Waals surface area contributed by atoms with Gasteiger partial charge in [-0.2, -0.15) is 0 Å². The monoisotopic (exact) mass is 388 g/mol. The Morgan fingerprint density at radius 2 is 1.55 bits per heavy atom. The van der Waals surface area contributed by atoms with Gasteiger partial charge in [0.2, 0.25) is 6.79 Å². The van der Waals surface area contributed by atoms with Crippen LogP contribution in [-0.4, -0.2) is 42.5 Å². The Morgan fingerprint density at radius 1 is 0.897 bits per heavy atom.